The largest absolute Gasteiger partial charge is 0.489 e. The molecule has 0 heterocycles. The number of para-hydroxylation sites is 2. The summed E-state index contributed by atoms with van der Waals surface area (Å²) in [4.78, 5) is 10.6. The van der Waals surface area contributed by atoms with Crippen LogP contribution in [0.2, 0.25) is 0 Å². The van der Waals surface area contributed by atoms with Gasteiger partial charge in [-0.05, 0) is 18.6 Å². The molecule has 0 aliphatic carbocycles. The normalized spacial score (nSPS) is 10.1. The zero-order chi connectivity index (χ0) is 14.5. The van der Waals surface area contributed by atoms with Crippen LogP contribution in [0.15, 0.2) is 42.5 Å². The SMILES string of the molecule is CNc1c(COc2ccccc2C)cccc1[N+](=O)[O-]. The van der Waals surface area contributed by atoms with Crippen molar-refractivity contribution in [3.63, 3.8) is 0 Å². The van der Waals surface area contributed by atoms with Gasteiger partial charge < -0.3 is 10.1 Å². The van der Waals surface area contributed by atoms with Crippen LogP contribution in [-0.2, 0) is 6.61 Å². The maximum atomic E-state index is 11.0. The summed E-state index contributed by atoms with van der Waals surface area (Å²) in [5, 5.41) is 13.9. The van der Waals surface area contributed by atoms with Crippen LogP contribution in [0.3, 0.4) is 0 Å². The Hall–Kier alpha value is -2.56. The summed E-state index contributed by atoms with van der Waals surface area (Å²) in [5.41, 5.74) is 2.33. The van der Waals surface area contributed by atoms with E-state index < -0.39 is 4.92 Å². The predicted molar refractivity (Wildman–Crippen MR) is 78.2 cm³/mol. The minimum absolute atomic E-state index is 0.0541. The number of nitro benzene ring substituents is 1. The number of ether oxygens (including phenoxy) is 1. The highest BCUT2D eigenvalue weighted by atomic mass is 16.6. The molecule has 0 bridgehead atoms. The molecular formula is C15H16N2O3. The van der Waals surface area contributed by atoms with Gasteiger partial charge in [-0.2, -0.15) is 0 Å². The molecule has 20 heavy (non-hydrogen) atoms. The highest BCUT2D eigenvalue weighted by Gasteiger charge is 2.16. The Morgan fingerprint density at radius 2 is 1.95 bits per heavy atom. The number of nitrogens with zero attached hydrogens (tertiary/aromatic N) is 1. The molecule has 2 aromatic rings. The molecule has 2 aromatic carbocycles. The molecule has 0 aromatic heterocycles. The molecule has 2 rings (SSSR count). The van der Waals surface area contributed by atoms with Gasteiger partial charge in [-0.15, -0.1) is 0 Å². The molecule has 0 aliphatic heterocycles. The monoisotopic (exact) mass is 272 g/mol. The van der Waals surface area contributed by atoms with Crippen LogP contribution >= 0.6 is 0 Å². The number of benzene rings is 2. The molecule has 0 aliphatic rings. The van der Waals surface area contributed by atoms with E-state index in [1.807, 2.05) is 37.3 Å². The van der Waals surface area contributed by atoms with Gasteiger partial charge in [-0.25, -0.2) is 0 Å². The van der Waals surface area contributed by atoms with Crippen LogP contribution in [0, 0.1) is 17.0 Å². The van der Waals surface area contributed by atoms with Gasteiger partial charge in [0.2, 0.25) is 0 Å². The summed E-state index contributed by atoms with van der Waals surface area (Å²) < 4.78 is 5.74. The van der Waals surface area contributed by atoms with E-state index >= 15 is 0 Å². The number of hydrogen-bond donors (Lipinski definition) is 1. The lowest BCUT2D eigenvalue weighted by molar-refractivity contribution is -0.384. The average Bonchev–Trinajstić information content (AvgIpc) is 2.45. The van der Waals surface area contributed by atoms with Crippen molar-refractivity contribution in [2.75, 3.05) is 12.4 Å². The van der Waals surface area contributed by atoms with Crippen molar-refractivity contribution in [3.8, 4) is 5.75 Å². The van der Waals surface area contributed by atoms with Crippen LogP contribution in [0.5, 0.6) is 5.75 Å². The fraction of sp³-hybridized carbons (Fsp3) is 0.200. The molecular weight excluding hydrogens is 256 g/mol. The summed E-state index contributed by atoms with van der Waals surface area (Å²) >= 11 is 0. The third-order valence-electron chi connectivity index (χ3n) is 3.05. The lowest BCUT2D eigenvalue weighted by Crippen LogP contribution is -2.04. The number of nitro groups is 1. The van der Waals surface area contributed by atoms with Crippen molar-refractivity contribution < 1.29 is 9.66 Å². The summed E-state index contributed by atoms with van der Waals surface area (Å²) in [7, 11) is 1.67. The molecule has 0 spiro atoms. The molecule has 5 heteroatoms. The maximum absolute atomic E-state index is 11.0. The quantitative estimate of drug-likeness (QED) is 0.668. The minimum Gasteiger partial charge on any atom is -0.489 e. The fourth-order valence-electron chi connectivity index (χ4n) is 2.02. The van der Waals surface area contributed by atoms with E-state index in [2.05, 4.69) is 5.32 Å². The number of hydrogen-bond acceptors (Lipinski definition) is 4. The molecule has 0 radical (unpaired) electrons. The van der Waals surface area contributed by atoms with Gasteiger partial charge in [0.25, 0.3) is 5.69 Å². The first-order valence-electron chi connectivity index (χ1n) is 6.26. The zero-order valence-corrected chi connectivity index (χ0v) is 11.4. The van der Waals surface area contributed by atoms with Gasteiger partial charge >= 0.3 is 0 Å². The van der Waals surface area contributed by atoms with Gasteiger partial charge in [0.15, 0.2) is 0 Å². The molecule has 0 saturated heterocycles. The molecule has 0 atom stereocenters. The highest BCUT2D eigenvalue weighted by Crippen LogP contribution is 2.29. The molecule has 0 saturated carbocycles. The van der Waals surface area contributed by atoms with E-state index in [1.165, 1.54) is 6.07 Å². The van der Waals surface area contributed by atoms with Crippen molar-refractivity contribution in [1.82, 2.24) is 0 Å². The second kappa shape index (κ2) is 6.06. The number of rotatable bonds is 5. The van der Waals surface area contributed by atoms with Gasteiger partial charge in [-0.3, -0.25) is 10.1 Å². The van der Waals surface area contributed by atoms with Crippen molar-refractivity contribution in [2.45, 2.75) is 13.5 Å². The van der Waals surface area contributed by atoms with Crippen LogP contribution in [0.1, 0.15) is 11.1 Å². The van der Waals surface area contributed by atoms with Crippen molar-refractivity contribution >= 4 is 11.4 Å². The van der Waals surface area contributed by atoms with Crippen LogP contribution < -0.4 is 10.1 Å². The topological polar surface area (TPSA) is 64.4 Å². The first kappa shape index (κ1) is 13.9. The van der Waals surface area contributed by atoms with E-state index in [0.717, 1.165) is 16.9 Å². The highest BCUT2D eigenvalue weighted by molar-refractivity contribution is 5.66. The van der Waals surface area contributed by atoms with Gasteiger partial charge in [-0.1, -0.05) is 30.3 Å². The Bertz CT molecular complexity index is 626. The lowest BCUT2D eigenvalue weighted by Gasteiger charge is -2.12. The molecule has 104 valence electrons. The van der Waals surface area contributed by atoms with E-state index in [-0.39, 0.29) is 12.3 Å². The van der Waals surface area contributed by atoms with E-state index in [1.54, 1.807) is 13.1 Å². The van der Waals surface area contributed by atoms with Crippen LogP contribution in [0.4, 0.5) is 11.4 Å². The Morgan fingerprint density at radius 3 is 2.60 bits per heavy atom. The summed E-state index contributed by atoms with van der Waals surface area (Å²) in [5.74, 6) is 0.779. The molecule has 0 amide bonds. The molecule has 0 fully saturated rings. The number of anilines is 1. The molecule has 1 N–H and O–H groups in total. The smallest absolute Gasteiger partial charge is 0.292 e. The summed E-state index contributed by atoms with van der Waals surface area (Å²) in [6, 6.07) is 12.6. The van der Waals surface area contributed by atoms with E-state index in [0.29, 0.717) is 5.69 Å². The van der Waals surface area contributed by atoms with Crippen LogP contribution in [-0.4, -0.2) is 12.0 Å². The van der Waals surface area contributed by atoms with Crippen LogP contribution in [0.25, 0.3) is 0 Å². The maximum Gasteiger partial charge on any atom is 0.292 e. The lowest BCUT2D eigenvalue weighted by atomic mass is 10.1. The minimum atomic E-state index is -0.400. The van der Waals surface area contributed by atoms with Crippen molar-refractivity contribution in [1.29, 1.82) is 0 Å². The van der Waals surface area contributed by atoms with Crippen molar-refractivity contribution in [2.24, 2.45) is 0 Å². The zero-order valence-electron chi connectivity index (χ0n) is 11.4. The third kappa shape index (κ3) is 2.88. The first-order chi connectivity index (χ1) is 9.63. The summed E-state index contributed by atoms with van der Waals surface area (Å²) in [6.45, 7) is 2.24. The first-order valence-corrected chi connectivity index (χ1v) is 6.26. The second-order valence-electron chi connectivity index (χ2n) is 4.37. The van der Waals surface area contributed by atoms with Gasteiger partial charge in [0.05, 0.1) is 4.92 Å². The average molecular weight is 272 g/mol. The molecule has 0 unspecified atom stereocenters. The second-order valence-corrected chi connectivity index (χ2v) is 4.37. The van der Waals surface area contributed by atoms with Gasteiger partial charge in [0.1, 0.15) is 18.0 Å². The predicted octanol–water partition coefficient (Wildman–Crippen LogP) is 3.52. The number of nitrogens with one attached hydrogen (secondary N) is 1. The standard InChI is InChI=1S/C15H16N2O3/c1-11-6-3-4-9-14(11)20-10-12-7-5-8-13(17(18)19)15(12)16-2/h3-9,16H,10H2,1-2H3. The molecule has 5 nitrogen and oxygen atoms in total. The number of aryl methyl sites for hydroxylation is 1. The summed E-state index contributed by atoms with van der Waals surface area (Å²) in [6.07, 6.45) is 0. The van der Waals surface area contributed by atoms with Crippen molar-refractivity contribution in [3.05, 3.63) is 63.7 Å². The third-order valence-corrected chi connectivity index (χ3v) is 3.05. The Morgan fingerprint density at radius 1 is 1.20 bits per heavy atom. The van der Waals surface area contributed by atoms with E-state index in [9.17, 15) is 10.1 Å². The van der Waals surface area contributed by atoms with Gasteiger partial charge in [0, 0.05) is 18.7 Å². The fourth-order valence-corrected chi connectivity index (χ4v) is 2.02. The van der Waals surface area contributed by atoms with E-state index in [4.69, 9.17) is 4.74 Å². The Kier molecular flexibility index (Phi) is 4.20. The Balaban J connectivity index is 2.24. The Labute approximate surface area is 117 Å².